The lowest BCUT2D eigenvalue weighted by Crippen LogP contribution is -2.58. The highest BCUT2D eigenvalue weighted by atomic mass is 16.4. The molecule has 0 saturated heterocycles. The van der Waals surface area contributed by atoms with Crippen molar-refractivity contribution >= 4 is 92.9 Å². The Morgan fingerprint density at radius 3 is 1.00 bits per heavy atom. The second-order valence-electron chi connectivity index (χ2n) is 19.1. The number of para-hydroxylation sites is 2. The van der Waals surface area contributed by atoms with Crippen molar-refractivity contribution in [3.05, 3.63) is 72.1 Å². The quantitative estimate of drug-likeness (QED) is 0.0206. The Morgan fingerprint density at radius 1 is 0.390 bits per heavy atom. The Bertz CT molecular complexity index is 2650. The minimum absolute atomic E-state index is 0.00863. The van der Waals surface area contributed by atoms with Crippen LogP contribution in [0.2, 0.25) is 0 Å². The van der Waals surface area contributed by atoms with E-state index in [0.717, 1.165) is 0 Å². The number of carboxylic acid groups (broad SMARTS) is 4. The van der Waals surface area contributed by atoms with Gasteiger partial charge in [-0.2, -0.15) is 0 Å². The predicted molar refractivity (Wildman–Crippen MR) is 289 cm³/mol. The summed E-state index contributed by atoms with van der Waals surface area (Å²) in [4.78, 5) is 163. The van der Waals surface area contributed by atoms with Gasteiger partial charge in [-0.3, -0.25) is 47.9 Å². The van der Waals surface area contributed by atoms with E-state index in [4.69, 9.17) is 11.5 Å². The predicted octanol–water partition coefficient (Wildman–Crippen LogP) is -2.62. The van der Waals surface area contributed by atoms with Gasteiger partial charge in [-0.15, -0.1) is 0 Å². The van der Waals surface area contributed by atoms with E-state index in [-0.39, 0.29) is 63.0 Å². The first kappa shape index (κ1) is 65.5. The minimum atomic E-state index is -1.99. The highest BCUT2D eigenvalue weighted by molar-refractivity contribution is 6.03. The first-order chi connectivity index (χ1) is 39.1. The van der Waals surface area contributed by atoms with Gasteiger partial charge in [-0.25, -0.2) is 9.59 Å². The third kappa shape index (κ3) is 20.6. The first-order valence-electron chi connectivity index (χ1n) is 26.2. The van der Waals surface area contributed by atoms with Gasteiger partial charge in [0.15, 0.2) is 0 Å². The number of aliphatic hydroxyl groups excluding tert-OH is 2. The van der Waals surface area contributed by atoms with Crippen LogP contribution in [-0.2, 0) is 47.9 Å². The highest BCUT2D eigenvalue weighted by Crippen LogP contribution is 2.17. The molecule has 0 bridgehead atoms. The molecule has 0 aliphatic carbocycles. The number of nitrogens with one attached hydrogen (secondary N) is 10. The monoisotopic (exact) mass is 1150 g/mol. The molecule has 30 heteroatoms. The molecule has 30 nitrogen and oxygen atoms in total. The number of aliphatic hydroxyl groups is 2. The number of amides is 8. The molecule has 82 heavy (non-hydrogen) atoms. The number of H-pyrrole nitrogens is 2. The molecule has 4 rings (SSSR count). The molecule has 0 saturated carbocycles. The molecular formula is C52H70N12O18. The largest absolute Gasteiger partial charge is 0.481 e. The Balaban J connectivity index is 1.57. The maximum absolute atomic E-state index is 13.9. The number of nitrogens with two attached hydrogens (primary N) is 2. The van der Waals surface area contributed by atoms with E-state index in [1.54, 1.807) is 48.5 Å². The molecule has 0 spiro atoms. The van der Waals surface area contributed by atoms with Gasteiger partial charge in [0.25, 0.3) is 11.8 Å². The van der Waals surface area contributed by atoms with Gasteiger partial charge < -0.3 is 94.6 Å². The van der Waals surface area contributed by atoms with E-state index in [1.807, 2.05) is 0 Å². The Labute approximate surface area is 467 Å². The molecule has 0 fully saturated rings. The summed E-state index contributed by atoms with van der Waals surface area (Å²) in [6, 6.07) is 2.57. The molecule has 0 unspecified atom stereocenters. The summed E-state index contributed by atoms with van der Waals surface area (Å²) in [7, 11) is 0. The molecule has 8 amide bonds. The maximum atomic E-state index is 13.9. The van der Waals surface area contributed by atoms with Crippen LogP contribution in [0.3, 0.4) is 0 Å². The van der Waals surface area contributed by atoms with Crippen LogP contribution < -0.4 is 54.0 Å². The Hall–Kier alpha value is -9.00. The van der Waals surface area contributed by atoms with Crippen molar-refractivity contribution in [2.45, 2.75) is 125 Å². The maximum Gasteiger partial charge on any atom is 0.326 e. The van der Waals surface area contributed by atoms with Crippen LogP contribution in [0.4, 0.5) is 0 Å². The standard InChI is InChI=1S/C52H70N12O18/c53-19-9-7-17-33(51(79)80)59-43(71)31(57-47(75)37(23-41(67)68)61-49(77)39(25-65)63-45(73)35-21-27-11-1-3-13-29(27)55-35)15-5-6-16-32(44(72)60-34(52(81)82)18-8-10-20-54)58-48(76)38(24-42(69)70)62-50(78)40(26-66)64-46(74)36-22-28-12-2-4-14-30(28)56-36/h1-4,11-14,21-22,31-34,37-40,55-56,65-66H,5-10,15-20,23-26,53-54H2,(H,57,75)(H,58,76)(H,59,71)(H,60,72)(H,61,77)(H,62,78)(H,63,73)(H,64,74)(H,67,68)(H,69,70)(H,79,80)(H,81,82)/t31-,32-,33-,34-,37-,38-,39-,40-/m0/s1. The fourth-order valence-corrected chi connectivity index (χ4v) is 8.39. The number of rotatable bonds is 37. The summed E-state index contributed by atoms with van der Waals surface area (Å²) < 4.78 is 0. The molecule has 0 aliphatic rings. The molecule has 2 aromatic carbocycles. The van der Waals surface area contributed by atoms with Gasteiger partial charge in [-0.1, -0.05) is 49.2 Å². The van der Waals surface area contributed by atoms with Crippen LogP contribution in [0.25, 0.3) is 21.8 Å². The summed E-state index contributed by atoms with van der Waals surface area (Å²) in [5.74, 6) is -15.1. The van der Waals surface area contributed by atoms with Gasteiger partial charge in [0, 0.05) is 21.8 Å². The van der Waals surface area contributed by atoms with Crippen LogP contribution in [0, 0.1) is 0 Å². The van der Waals surface area contributed by atoms with Gasteiger partial charge in [0.2, 0.25) is 35.4 Å². The third-order valence-corrected chi connectivity index (χ3v) is 12.8. The van der Waals surface area contributed by atoms with Crippen molar-refractivity contribution in [3.63, 3.8) is 0 Å². The van der Waals surface area contributed by atoms with Crippen molar-refractivity contribution in [1.29, 1.82) is 0 Å². The van der Waals surface area contributed by atoms with E-state index in [0.29, 0.717) is 34.6 Å². The zero-order valence-electron chi connectivity index (χ0n) is 44.4. The van der Waals surface area contributed by atoms with Crippen molar-refractivity contribution < 1.29 is 88.2 Å². The zero-order valence-corrected chi connectivity index (χ0v) is 44.4. The molecule has 2 heterocycles. The molecular weight excluding hydrogens is 1080 g/mol. The summed E-state index contributed by atoms with van der Waals surface area (Å²) in [6.45, 7) is -1.67. The van der Waals surface area contributed by atoms with Gasteiger partial charge >= 0.3 is 23.9 Å². The van der Waals surface area contributed by atoms with Crippen molar-refractivity contribution in [3.8, 4) is 0 Å². The lowest BCUT2D eigenvalue weighted by molar-refractivity contribution is -0.143. The Kier molecular flexibility index (Phi) is 26.3. The smallest absolute Gasteiger partial charge is 0.326 e. The number of carbonyl (C=O) groups is 12. The number of aromatic amines is 2. The fraction of sp³-hybridized carbons (Fsp3) is 0.462. The number of fused-ring (bicyclic) bond motifs is 2. The van der Waals surface area contributed by atoms with Crippen LogP contribution in [-0.4, -0.2) is 186 Å². The zero-order chi connectivity index (χ0) is 60.5. The van der Waals surface area contributed by atoms with E-state index in [1.165, 1.54) is 12.1 Å². The molecule has 20 N–H and O–H groups in total. The highest BCUT2D eigenvalue weighted by Gasteiger charge is 2.35. The lowest BCUT2D eigenvalue weighted by atomic mass is 10.0. The molecule has 446 valence electrons. The van der Waals surface area contributed by atoms with Crippen LogP contribution in [0.1, 0.15) is 98.0 Å². The number of benzene rings is 2. The number of unbranched alkanes of at least 4 members (excludes halogenated alkanes) is 3. The van der Waals surface area contributed by atoms with Crippen molar-refractivity contribution in [2.75, 3.05) is 26.3 Å². The molecule has 0 radical (unpaired) electrons. The normalized spacial score (nSPS) is 14.0. The van der Waals surface area contributed by atoms with E-state index < -0.39 is 158 Å². The number of hydrogen-bond donors (Lipinski definition) is 18. The number of aliphatic carboxylic acids is 4. The van der Waals surface area contributed by atoms with E-state index in [2.05, 4.69) is 52.5 Å². The van der Waals surface area contributed by atoms with Gasteiger partial charge in [0.05, 0.1) is 26.1 Å². The SMILES string of the molecule is NCCCC[C@H](NC(=O)[C@H](CCCC[C@H](NC(=O)[C@H](CC(=O)O)NC(=O)[C@H](CO)NC(=O)c1cc2ccccc2[nH]1)C(=O)N[C@@H](CCCCN)C(=O)O)NC(=O)[C@H](CC(=O)O)NC(=O)[C@H](CO)NC(=O)c1cc2ccccc2[nH]1)C(=O)O. The fourth-order valence-electron chi connectivity index (χ4n) is 8.39. The molecule has 2 aromatic heterocycles. The third-order valence-electron chi connectivity index (χ3n) is 12.8. The summed E-state index contributed by atoms with van der Waals surface area (Å²) in [5.41, 5.74) is 12.2. The van der Waals surface area contributed by atoms with Crippen LogP contribution in [0.15, 0.2) is 60.7 Å². The number of hydrogen-bond acceptors (Lipinski definition) is 16. The van der Waals surface area contributed by atoms with E-state index in [9.17, 15) is 88.2 Å². The van der Waals surface area contributed by atoms with E-state index >= 15 is 0 Å². The summed E-state index contributed by atoms with van der Waals surface area (Å²) >= 11 is 0. The topological polar surface area (TPSA) is 506 Å². The molecule has 0 aliphatic heterocycles. The minimum Gasteiger partial charge on any atom is -0.481 e. The second kappa shape index (κ2) is 32.9. The van der Waals surface area contributed by atoms with Crippen LogP contribution in [0.5, 0.6) is 0 Å². The number of aromatic nitrogens is 2. The Morgan fingerprint density at radius 2 is 0.683 bits per heavy atom. The van der Waals surface area contributed by atoms with Crippen molar-refractivity contribution in [1.82, 2.24) is 52.5 Å². The van der Waals surface area contributed by atoms with Crippen LogP contribution >= 0.6 is 0 Å². The summed E-state index contributed by atoms with van der Waals surface area (Å²) in [6.07, 6.45) is -2.48. The number of carbonyl (C=O) groups excluding carboxylic acids is 8. The molecule has 4 aromatic rings. The second-order valence-corrected chi connectivity index (χ2v) is 19.1. The summed E-state index contributed by atoms with van der Waals surface area (Å²) in [5, 5.41) is 79.0. The average Bonchev–Trinajstić information content (AvgIpc) is 4.10. The van der Waals surface area contributed by atoms with Gasteiger partial charge in [0.1, 0.15) is 59.7 Å². The first-order valence-corrected chi connectivity index (χ1v) is 26.2. The number of carboxylic acids is 4. The molecule has 8 atom stereocenters. The average molecular weight is 1150 g/mol. The van der Waals surface area contributed by atoms with Gasteiger partial charge in [-0.05, 0) is 88.7 Å². The lowest BCUT2D eigenvalue weighted by Gasteiger charge is -2.26. The van der Waals surface area contributed by atoms with Crippen molar-refractivity contribution in [2.24, 2.45) is 11.5 Å².